The van der Waals surface area contributed by atoms with E-state index in [0.29, 0.717) is 10.6 Å². The molecular formula is C18H22N2O4S. The van der Waals surface area contributed by atoms with Crippen molar-refractivity contribution in [3.05, 3.63) is 16.0 Å². The van der Waals surface area contributed by atoms with Gasteiger partial charge in [0.25, 0.3) is 5.91 Å². The van der Waals surface area contributed by atoms with E-state index in [-0.39, 0.29) is 17.7 Å². The summed E-state index contributed by atoms with van der Waals surface area (Å²) in [7, 11) is 0. The number of anilines is 1. The Kier molecular flexibility index (Phi) is 4.06. The first-order valence-electron chi connectivity index (χ1n) is 8.95. The molecule has 1 heterocycles. The van der Waals surface area contributed by atoms with Gasteiger partial charge in [-0.05, 0) is 62.3 Å². The second-order valence-corrected chi connectivity index (χ2v) is 8.58. The first-order valence-corrected chi connectivity index (χ1v) is 9.77. The number of carbonyl (C=O) groups excluding carboxylic acids is 2. The van der Waals surface area contributed by atoms with Crippen molar-refractivity contribution >= 4 is 34.1 Å². The van der Waals surface area contributed by atoms with Crippen molar-refractivity contribution in [2.45, 2.75) is 44.9 Å². The number of hydrogen-bond acceptors (Lipinski definition) is 4. The van der Waals surface area contributed by atoms with Crippen molar-refractivity contribution in [1.82, 2.24) is 0 Å². The number of thiophene rings is 1. The smallest absolute Gasteiger partial charge is 0.307 e. The topological polar surface area (TPSA) is 109 Å². The Morgan fingerprint density at radius 3 is 2.28 bits per heavy atom. The second-order valence-electron chi connectivity index (χ2n) is 7.48. The minimum absolute atomic E-state index is 0.0854. The fraction of sp³-hybridized carbons (Fsp3) is 0.611. The first-order chi connectivity index (χ1) is 12.0. The summed E-state index contributed by atoms with van der Waals surface area (Å²) in [6, 6.07) is 0. The summed E-state index contributed by atoms with van der Waals surface area (Å²) in [6.45, 7) is 0. The number of nitrogens with one attached hydrogen (secondary N) is 1. The van der Waals surface area contributed by atoms with Crippen molar-refractivity contribution in [2.75, 3.05) is 5.32 Å². The SMILES string of the molecule is NC(=O)c1c(NC(=O)C2C3CCC(CC3)C2C(=O)O)sc2c1CCC2. The number of primary amides is 1. The van der Waals surface area contributed by atoms with Gasteiger partial charge in [-0.3, -0.25) is 14.4 Å². The van der Waals surface area contributed by atoms with E-state index in [1.165, 1.54) is 11.3 Å². The van der Waals surface area contributed by atoms with Gasteiger partial charge in [0.15, 0.2) is 0 Å². The molecule has 0 spiro atoms. The van der Waals surface area contributed by atoms with Crippen LogP contribution in [-0.4, -0.2) is 22.9 Å². The molecule has 3 saturated carbocycles. The van der Waals surface area contributed by atoms with Crippen LogP contribution in [0.5, 0.6) is 0 Å². The lowest BCUT2D eigenvalue weighted by molar-refractivity contribution is -0.156. The van der Waals surface area contributed by atoms with E-state index in [9.17, 15) is 19.5 Å². The molecule has 4 N–H and O–H groups in total. The molecule has 4 aliphatic carbocycles. The quantitative estimate of drug-likeness (QED) is 0.764. The van der Waals surface area contributed by atoms with E-state index >= 15 is 0 Å². The van der Waals surface area contributed by atoms with Crippen molar-refractivity contribution < 1.29 is 19.5 Å². The van der Waals surface area contributed by atoms with Crippen LogP contribution < -0.4 is 11.1 Å². The average molecular weight is 362 g/mol. The number of hydrogen-bond donors (Lipinski definition) is 3. The number of rotatable bonds is 4. The van der Waals surface area contributed by atoms with Crippen LogP contribution in [0, 0.1) is 23.7 Å². The Hall–Kier alpha value is -1.89. The molecule has 25 heavy (non-hydrogen) atoms. The van der Waals surface area contributed by atoms with Gasteiger partial charge >= 0.3 is 5.97 Å². The van der Waals surface area contributed by atoms with E-state index < -0.39 is 23.7 Å². The van der Waals surface area contributed by atoms with E-state index in [4.69, 9.17) is 5.73 Å². The Balaban J connectivity index is 1.62. The van der Waals surface area contributed by atoms with Gasteiger partial charge in [0.05, 0.1) is 17.4 Å². The molecule has 2 bridgehead atoms. The molecule has 6 nitrogen and oxygen atoms in total. The average Bonchev–Trinajstić information content (AvgIpc) is 3.14. The lowest BCUT2D eigenvalue weighted by Crippen LogP contribution is -2.49. The van der Waals surface area contributed by atoms with E-state index in [0.717, 1.165) is 55.4 Å². The van der Waals surface area contributed by atoms with Gasteiger partial charge in [0, 0.05) is 4.88 Å². The molecule has 7 heteroatoms. The summed E-state index contributed by atoms with van der Waals surface area (Å²) in [4.78, 5) is 37.7. The molecule has 0 aliphatic heterocycles. The zero-order valence-electron chi connectivity index (χ0n) is 13.9. The zero-order chi connectivity index (χ0) is 17.7. The Labute approximate surface area is 149 Å². The number of fused-ring (bicyclic) bond motifs is 4. The second kappa shape index (κ2) is 6.12. The summed E-state index contributed by atoms with van der Waals surface area (Å²) in [6.07, 6.45) is 6.33. The number of aliphatic carboxylic acids is 1. The molecule has 2 atom stereocenters. The van der Waals surface area contributed by atoms with E-state index in [1.807, 2.05) is 0 Å². The lowest BCUT2D eigenvalue weighted by Gasteiger charge is -2.45. The molecule has 3 fully saturated rings. The fourth-order valence-electron chi connectivity index (χ4n) is 5.13. The molecule has 1 aromatic heterocycles. The van der Waals surface area contributed by atoms with Crippen molar-refractivity contribution in [2.24, 2.45) is 29.4 Å². The number of aryl methyl sites for hydroxylation is 1. The summed E-state index contributed by atoms with van der Waals surface area (Å²) in [5.74, 6) is -2.58. The Bertz CT molecular complexity index is 749. The highest BCUT2D eigenvalue weighted by Gasteiger charge is 2.50. The predicted octanol–water partition coefficient (Wildman–Crippen LogP) is 2.41. The third kappa shape index (κ3) is 2.65. The van der Waals surface area contributed by atoms with Gasteiger partial charge in [-0.2, -0.15) is 0 Å². The van der Waals surface area contributed by atoms with Crippen LogP contribution in [0.15, 0.2) is 0 Å². The van der Waals surface area contributed by atoms with Crippen LogP contribution in [-0.2, 0) is 22.4 Å². The van der Waals surface area contributed by atoms with Gasteiger partial charge in [0.2, 0.25) is 5.91 Å². The molecule has 5 rings (SSSR count). The largest absolute Gasteiger partial charge is 0.481 e. The van der Waals surface area contributed by atoms with Crippen LogP contribution in [0.4, 0.5) is 5.00 Å². The number of amides is 2. The van der Waals surface area contributed by atoms with Gasteiger partial charge in [-0.15, -0.1) is 11.3 Å². The number of carboxylic acid groups (broad SMARTS) is 1. The highest BCUT2D eigenvalue weighted by atomic mass is 32.1. The Morgan fingerprint density at radius 1 is 1.04 bits per heavy atom. The van der Waals surface area contributed by atoms with Crippen LogP contribution in [0.2, 0.25) is 0 Å². The third-order valence-electron chi connectivity index (χ3n) is 6.21. The first kappa shape index (κ1) is 16.6. The summed E-state index contributed by atoms with van der Waals surface area (Å²) >= 11 is 1.42. The molecule has 134 valence electrons. The highest BCUT2D eigenvalue weighted by molar-refractivity contribution is 7.17. The highest BCUT2D eigenvalue weighted by Crippen LogP contribution is 2.49. The maximum absolute atomic E-state index is 13.0. The van der Waals surface area contributed by atoms with Crippen molar-refractivity contribution in [3.8, 4) is 0 Å². The zero-order valence-corrected chi connectivity index (χ0v) is 14.7. The van der Waals surface area contributed by atoms with Crippen LogP contribution in [0.3, 0.4) is 0 Å². The molecule has 4 aliphatic rings. The molecule has 0 radical (unpaired) electrons. The van der Waals surface area contributed by atoms with Crippen molar-refractivity contribution in [3.63, 3.8) is 0 Å². The standard InChI is InChI=1S/C18H22N2O4S/c19-15(21)14-10-2-1-3-11(10)25-17(14)20-16(22)12-8-4-6-9(7-5-8)13(12)18(23)24/h8-9,12-13H,1-7H2,(H2,19,21)(H,20,22)(H,23,24). The van der Waals surface area contributed by atoms with Gasteiger partial charge in [-0.25, -0.2) is 0 Å². The lowest BCUT2D eigenvalue weighted by atomic mass is 9.58. The molecule has 1 aromatic rings. The molecule has 2 unspecified atom stereocenters. The van der Waals surface area contributed by atoms with Gasteiger partial charge in [0.1, 0.15) is 5.00 Å². The van der Waals surface area contributed by atoms with Gasteiger partial charge < -0.3 is 16.2 Å². The van der Waals surface area contributed by atoms with Crippen LogP contribution >= 0.6 is 11.3 Å². The van der Waals surface area contributed by atoms with Crippen molar-refractivity contribution in [1.29, 1.82) is 0 Å². The predicted molar refractivity (Wildman–Crippen MR) is 93.6 cm³/mol. The van der Waals surface area contributed by atoms with Gasteiger partial charge in [-0.1, -0.05) is 0 Å². The molecular weight excluding hydrogens is 340 g/mol. The minimum atomic E-state index is -0.877. The molecule has 2 amide bonds. The maximum atomic E-state index is 13.0. The third-order valence-corrected chi connectivity index (χ3v) is 7.42. The van der Waals surface area contributed by atoms with Crippen LogP contribution in [0.1, 0.15) is 52.9 Å². The van der Waals surface area contributed by atoms with E-state index in [1.54, 1.807) is 0 Å². The summed E-state index contributed by atoms with van der Waals surface area (Å²) in [5.41, 5.74) is 6.94. The van der Waals surface area contributed by atoms with Crippen LogP contribution in [0.25, 0.3) is 0 Å². The number of carbonyl (C=O) groups is 3. The maximum Gasteiger partial charge on any atom is 0.307 e. The summed E-state index contributed by atoms with van der Waals surface area (Å²) < 4.78 is 0. The van der Waals surface area contributed by atoms with E-state index in [2.05, 4.69) is 5.32 Å². The normalized spacial score (nSPS) is 30.1. The monoisotopic (exact) mass is 362 g/mol. The molecule has 0 saturated heterocycles. The summed E-state index contributed by atoms with van der Waals surface area (Å²) in [5, 5.41) is 13.0. The fourth-order valence-corrected chi connectivity index (χ4v) is 6.43. The number of nitrogens with two attached hydrogens (primary N) is 1. The molecule has 0 aromatic carbocycles. The Morgan fingerprint density at radius 2 is 1.68 bits per heavy atom. The number of carboxylic acids is 1. The minimum Gasteiger partial charge on any atom is -0.481 e.